The highest BCUT2D eigenvalue weighted by Gasteiger charge is 2.23. The Kier molecular flexibility index (Phi) is 3.60. The minimum atomic E-state index is 0.784. The molecule has 1 heterocycles. The Bertz CT molecular complexity index is 622. The van der Waals surface area contributed by atoms with Gasteiger partial charge in [-0.05, 0) is 49.8 Å². The van der Waals surface area contributed by atoms with Crippen LogP contribution in [-0.2, 0) is 7.05 Å². The third kappa shape index (κ3) is 2.37. The zero-order chi connectivity index (χ0) is 14.1. The number of pyridine rings is 1. The largest absolute Gasteiger partial charge is 0.212 e. The van der Waals surface area contributed by atoms with Crippen molar-refractivity contribution in [2.45, 2.75) is 45.4 Å². The average Bonchev–Trinajstić information content (AvgIpc) is 2.96. The summed E-state index contributed by atoms with van der Waals surface area (Å²) in [6, 6.07) is 11.0. The van der Waals surface area contributed by atoms with E-state index in [-0.39, 0.29) is 0 Å². The Balaban J connectivity index is 2.06. The molecule has 3 rings (SSSR count). The van der Waals surface area contributed by atoms with Crippen LogP contribution in [-0.4, -0.2) is 0 Å². The van der Waals surface area contributed by atoms with Crippen LogP contribution in [0.25, 0.3) is 11.3 Å². The Labute approximate surface area is 122 Å². The number of hydrogen-bond donors (Lipinski definition) is 0. The van der Waals surface area contributed by atoms with Crippen LogP contribution >= 0.6 is 0 Å². The van der Waals surface area contributed by atoms with E-state index in [0.717, 1.165) is 5.92 Å². The second-order valence-electron chi connectivity index (χ2n) is 6.20. The maximum Gasteiger partial charge on any atom is 0.212 e. The minimum Gasteiger partial charge on any atom is -0.201 e. The summed E-state index contributed by atoms with van der Waals surface area (Å²) < 4.78 is 2.31. The maximum atomic E-state index is 2.37. The molecule has 2 aromatic rings. The van der Waals surface area contributed by atoms with Gasteiger partial charge in [0.25, 0.3) is 0 Å². The van der Waals surface area contributed by atoms with Gasteiger partial charge in [-0.1, -0.05) is 31.0 Å². The Hall–Kier alpha value is -1.63. The van der Waals surface area contributed by atoms with Gasteiger partial charge in [0, 0.05) is 17.2 Å². The van der Waals surface area contributed by atoms with E-state index in [1.165, 1.54) is 48.1 Å². The molecule has 20 heavy (non-hydrogen) atoms. The summed E-state index contributed by atoms with van der Waals surface area (Å²) in [5.41, 5.74) is 7.02. The van der Waals surface area contributed by atoms with Crippen molar-refractivity contribution in [3.05, 3.63) is 53.2 Å². The third-order valence-corrected chi connectivity index (χ3v) is 4.74. The van der Waals surface area contributed by atoms with E-state index in [0.29, 0.717) is 0 Å². The van der Waals surface area contributed by atoms with Gasteiger partial charge in [-0.3, -0.25) is 0 Å². The van der Waals surface area contributed by atoms with Crippen molar-refractivity contribution in [1.82, 2.24) is 0 Å². The first-order valence-corrected chi connectivity index (χ1v) is 7.73. The minimum absolute atomic E-state index is 0.784. The van der Waals surface area contributed by atoms with Gasteiger partial charge >= 0.3 is 0 Å². The summed E-state index contributed by atoms with van der Waals surface area (Å²) in [6.07, 6.45) is 7.89. The van der Waals surface area contributed by atoms with Crippen LogP contribution in [0.2, 0.25) is 0 Å². The van der Waals surface area contributed by atoms with Gasteiger partial charge in [-0.2, -0.15) is 0 Å². The van der Waals surface area contributed by atoms with Crippen LogP contribution in [0, 0.1) is 13.8 Å². The molecule has 1 fully saturated rings. The lowest BCUT2D eigenvalue weighted by Gasteiger charge is -2.13. The molecule has 0 amide bonds. The SMILES string of the molecule is Cc1ccccc1-c1cc(C)c(C2CCCC2)c[n+]1C. The molecule has 0 saturated heterocycles. The quantitative estimate of drug-likeness (QED) is 0.707. The van der Waals surface area contributed by atoms with Crippen molar-refractivity contribution in [2.24, 2.45) is 7.05 Å². The fraction of sp³-hybridized carbons (Fsp3) is 0.421. The van der Waals surface area contributed by atoms with E-state index in [1.807, 2.05) is 0 Å². The molecule has 1 aromatic heterocycles. The van der Waals surface area contributed by atoms with E-state index in [4.69, 9.17) is 0 Å². The summed E-state index contributed by atoms with van der Waals surface area (Å²) >= 11 is 0. The molecule has 1 aliphatic rings. The molecule has 0 atom stereocenters. The smallest absolute Gasteiger partial charge is 0.201 e. The van der Waals surface area contributed by atoms with Crippen molar-refractivity contribution in [3.8, 4) is 11.3 Å². The molecular formula is C19H24N+. The fourth-order valence-corrected chi connectivity index (χ4v) is 3.56. The number of hydrogen-bond acceptors (Lipinski definition) is 0. The first kappa shape index (κ1) is 13.4. The van der Waals surface area contributed by atoms with Gasteiger partial charge in [0.15, 0.2) is 6.20 Å². The third-order valence-electron chi connectivity index (χ3n) is 4.74. The van der Waals surface area contributed by atoms with Crippen LogP contribution in [0.1, 0.15) is 48.3 Å². The predicted molar refractivity (Wildman–Crippen MR) is 83.7 cm³/mol. The molecule has 0 radical (unpaired) electrons. The van der Waals surface area contributed by atoms with E-state index in [9.17, 15) is 0 Å². The average molecular weight is 266 g/mol. The van der Waals surface area contributed by atoms with Crippen molar-refractivity contribution in [2.75, 3.05) is 0 Å². The lowest BCUT2D eigenvalue weighted by atomic mass is 9.93. The van der Waals surface area contributed by atoms with Crippen molar-refractivity contribution < 1.29 is 4.57 Å². The second kappa shape index (κ2) is 5.40. The van der Waals surface area contributed by atoms with Crippen LogP contribution in [0.5, 0.6) is 0 Å². The van der Waals surface area contributed by atoms with Gasteiger partial charge in [0.2, 0.25) is 5.69 Å². The number of benzene rings is 1. The van der Waals surface area contributed by atoms with Crippen molar-refractivity contribution >= 4 is 0 Å². The van der Waals surface area contributed by atoms with Gasteiger partial charge in [0.1, 0.15) is 7.05 Å². The number of aromatic nitrogens is 1. The summed E-state index contributed by atoms with van der Waals surface area (Å²) in [5, 5.41) is 0. The Morgan fingerprint density at radius 3 is 2.40 bits per heavy atom. The molecule has 1 aromatic carbocycles. The summed E-state index contributed by atoms with van der Waals surface area (Å²) in [6.45, 7) is 4.46. The molecule has 0 unspecified atom stereocenters. The molecule has 1 nitrogen and oxygen atoms in total. The molecule has 0 bridgehead atoms. The monoisotopic (exact) mass is 266 g/mol. The molecule has 1 heteroatoms. The fourth-order valence-electron chi connectivity index (χ4n) is 3.56. The van der Waals surface area contributed by atoms with Crippen LogP contribution < -0.4 is 4.57 Å². The number of aryl methyl sites for hydroxylation is 3. The highest BCUT2D eigenvalue weighted by atomic mass is 14.9. The molecule has 1 saturated carbocycles. The van der Waals surface area contributed by atoms with E-state index in [1.54, 1.807) is 5.56 Å². The van der Waals surface area contributed by atoms with Gasteiger partial charge in [0.05, 0.1) is 0 Å². The molecule has 1 aliphatic carbocycles. The topological polar surface area (TPSA) is 3.88 Å². The highest BCUT2D eigenvalue weighted by Crippen LogP contribution is 2.35. The molecular weight excluding hydrogens is 242 g/mol. The van der Waals surface area contributed by atoms with Gasteiger partial charge in [-0.25, -0.2) is 4.57 Å². The Morgan fingerprint density at radius 1 is 1.00 bits per heavy atom. The summed E-state index contributed by atoms with van der Waals surface area (Å²) in [7, 11) is 2.18. The summed E-state index contributed by atoms with van der Waals surface area (Å²) in [4.78, 5) is 0. The van der Waals surface area contributed by atoms with E-state index < -0.39 is 0 Å². The first-order valence-electron chi connectivity index (χ1n) is 7.73. The standard InChI is InChI=1S/C19H24N/c1-14-8-4-7-11-17(14)19-12-15(2)18(13-20(19)3)16-9-5-6-10-16/h4,7-8,11-13,16H,5-6,9-10H2,1-3H3/q+1. The predicted octanol–water partition coefficient (Wildman–Crippen LogP) is 4.45. The van der Waals surface area contributed by atoms with Gasteiger partial charge in [-0.15, -0.1) is 0 Å². The lowest BCUT2D eigenvalue weighted by Crippen LogP contribution is -2.32. The van der Waals surface area contributed by atoms with Crippen LogP contribution in [0.3, 0.4) is 0 Å². The van der Waals surface area contributed by atoms with Crippen molar-refractivity contribution in [3.63, 3.8) is 0 Å². The zero-order valence-electron chi connectivity index (χ0n) is 12.8. The first-order chi connectivity index (χ1) is 9.66. The van der Waals surface area contributed by atoms with E-state index >= 15 is 0 Å². The van der Waals surface area contributed by atoms with E-state index in [2.05, 4.69) is 62.0 Å². The molecule has 0 N–H and O–H groups in total. The highest BCUT2D eigenvalue weighted by molar-refractivity contribution is 5.61. The van der Waals surface area contributed by atoms with Crippen LogP contribution in [0.15, 0.2) is 36.5 Å². The summed E-state index contributed by atoms with van der Waals surface area (Å²) in [5.74, 6) is 0.784. The number of rotatable bonds is 2. The second-order valence-corrected chi connectivity index (χ2v) is 6.20. The maximum absolute atomic E-state index is 2.37. The molecule has 104 valence electrons. The molecule has 0 aliphatic heterocycles. The Morgan fingerprint density at radius 2 is 1.70 bits per heavy atom. The van der Waals surface area contributed by atoms with Crippen LogP contribution in [0.4, 0.5) is 0 Å². The zero-order valence-corrected chi connectivity index (χ0v) is 12.8. The number of nitrogens with zero attached hydrogens (tertiary/aromatic N) is 1. The van der Waals surface area contributed by atoms with Crippen molar-refractivity contribution in [1.29, 1.82) is 0 Å². The lowest BCUT2D eigenvalue weighted by molar-refractivity contribution is -0.661. The normalized spacial score (nSPS) is 15.8. The molecule has 0 spiro atoms. The van der Waals surface area contributed by atoms with Gasteiger partial charge < -0.3 is 0 Å².